The highest BCUT2D eigenvalue weighted by Gasteiger charge is 2.12. The molecule has 1 N–H and O–H groups in total. The Balaban J connectivity index is 1.16. The Morgan fingerprint density at radius 3 is 2.81 bits per heavy atom. The van der Waals surface area contributed by atoms with Crippen molar-refractivity contribution in [3.05, 3.63) is 83.6 Å². The summed E-state index contributed by atoms with van der Waals surface area (Å²) in [5.41, 5.74) is 1.56. The SMILES string of the molecule is O=C(COc1ccc2ccccc2c1)NCCc1csc2nc(-c3cccc(F)c3)nn12. The first-order valence-corrected chi connectivity index (χ1v) is 11.0. The lowest BCUT2D eigenvalue weighted by atomic mass is 10.1. The fraction of sp³-hybridized carbons (Fsp3) is 0.125. The van der Waals surface area contributed by atoms with Gasteiger partial charge in [-0.15, -0.1) is 16.4 Å². The summed E-state index contributed by atoms with van der Waals surface area (Å²) in [5.74, 6) is 0.620. The number of nitrogens with one attached hydrogen (secondary N) is 1. The largest absolute Gasteiger partial charge is 0.484 e. The molecule has 2 heterocycles. The number of rotatable bonds is 7. The van der Waals surface area contributed by atoms with E-state index in [2.05, 4.69) is 15.4 Å². The summed E-state index contributed by atoms with van der Waals surface area (Å²) < 4.78 is 20.9. The van der Waals surface area contributed by atoms with E-state index >= 15 is 0 Å². The van der Waals surface area contributed by atoms with Crippen LogP contribution in [0.4, 0.5) is 4.39 Å². The van der Waals surface area contributed by atoms with Crippen molar-refractivity contribution in [2.75, 3.05) is 13.2 Å². The molecule has 8 heteroatoms. The molecule has 0 spiro atoms. The van der Waals surface area contributed by atoms with Gasteiger partial charge in [0.05, 0.1) is 5.69 Å². The van der Waals surface area contributed by atoms with Crippen molar-refractivity contribution >= 4 is 33.0 Å². The second-order valence-electron chi connectivity index (χ2n) is 7.26. The Hall–Kier alpha value is -3.78. The van der Waals surface area contributed by atoms with Crippen molar-refractivity contribution in [1.82, 2.24) is 19.9 Å². The van der Waals surface area contributed by atoms with E-state index in [-0.39, 0.29) is 18.3 Å². The van der Waals surface area contributed by atoms with Crippen molar-refractivity contribution in [3.63, 3.8) is 0 Å². The van der Waals surface area contributed by atoms with Gasteiger partial charge in [0.15, 0.2) is 12.4 Å². The lowest BCUT2D eigenvalue weighted by molar-refractivity contribution is -0.123. The second kappa shape index (κ2) is 8.76. The molecule has 160 valence electrons. The Labute approximate surface area is 187 Å². The van der Waals surface area contributed by atoms with Gasteiger partial charge in [0, 0.05) is 23.9 Å². The van der Waals surface area contributed by atoms with Crippen LogP contribution < -0.4 is 10.1 Å². The molecule has 0 fully saturated rings. The van der Waals surface area contributed by atoms with E-state index < -0.39 is 0 Å². The molecule has 0 aliphatic rings. The molecule has 0 unspecified atom stereocenters. The van der Waals surface area contributed by atoms with E-state index in [4.69, 9.17) is 4.74 Å². The predicted octanol–water partition coefficient (Wildman–Crippen LogP) is 4.49. The summed E-state index contributed by atoms with van der Waals surface area (Å²) in [6, 6.07) is 20.0. The number of nitrogens with zero attached hydrogens (tertiary/aromatic N) is 3. The molecule has 5 aromatic rings. The summed E-state index contributed by atoms with van der Waals surface area (Å²) in [4.78, 5) is 17.4. The van der Waals surface area contributed by atoms with Crippen LogP contribution >= 0.6 is 11.3 Å². The molecule has 0 saturated heterocycles. The van der Waals surface area contributed by atoms with Crippen LogP contribution in [0.25, 0.3) is 27.1 Å². The minimum atomic E-state index is -0.325. The minimum absolute atomic E-state index is 0.0512. The van der Waals surface area contributed by atoms with Gasteiger partial charge in [-0.05, 0) is 35.0 Å². The maximum Gasteiger partial charge on any atom is 0.257 e. The van der Waals surface area contributed by atoms with Crippen LogP contribution in [0.5, 0.6) is 5.75 Å². The van der Waals surface area contributed by atoms with Crippen molar-refractivity contribution in [3.8, 4) is 17.1 Å². The summed E-state index contributed by atoms with van der Waals surface area (Å²) in [6.07, 6.45) is 0.591. The number of halogens is 1. The topological polar surface area (TPSA) is 68.5 Å². The molecule has 0 aliphatic heterocycles. The average molecular weight is 447 g/mol. The highest BCUT2D eigenvalue weighted by atomic mass is 32.1. The molecule has 1 amide bonds. The van der Waals surface area contributed by atoms with Gasteiger partial charge in [-0.2, -0.15) is 4.98 Å². The van der Waals surface area contributed by atoms with Crippen LogP contribution in [-0.2, 0) is 11.2 Å². The van der Waals surface area contributed by atoms with Gasteiger partial charge in [-0.3, -0.25) is 4.79 Å². The number of hydrogen-bond acceptors (Lipinski definition) is 5. The predicted molar refractivity (Wildman–Crippen MR) is 122 cm³/mol. The molecule has 0 aliphatic carbocycles. The number of carbonyl (C=O) groups is 1. The second-order valence-corrected chi connectivity index (χ2v) is 8.10. The zero-order valence-corrected chi connectivity index (χ0v) is 17.8. The fourth-order valence-electron chi connectivity index (χ4n) is 3.43. The maximum absolute atomic E-state index is 13.5. The molecule has 0 bridgehead atoms. The Bertz CT molecular complexity index is 1410. The highest BCUT2D eigenvalue weighted by Crippen LogP contribution is 2.22. The lowest BCUT2D eigenvalue weighted by Crippen LogP contribution is -2.30. The summed E-state index contributed by atoms with van der Waals surface area (Å²) in [6.45, 7) is 0.394. The van der Waals surface area contributed by atoms with E-state index in [1.165, 1.54) is 23.5 Å². The number of benzene rings is 3. The highest BCUT2D eigenvalue weighted by molar-refractivity contribution is 7.15. The molecule has 0 radical (unpaired) electrons. The number of carbonyl (C=O) groups excluding carboxylic acids is 1. The van der Waals surface area contributed by atoms with Gasteiger partial charge in [-0.1, -0.05) is 42.5 Å². The molecule has 0 saturated carbocycles. The standard InChI is InChI=1S/C24H19FN4O2S/c25-19-7-3-6-18(12-19)23-27-24-29(28-23)20(15-32-24)10-11-26-22(30)14-31-21-9-8-16-4-1-2-5-17(16)13-21/h1-9,12-13,15H,10-11,14H2,(H,26,30). The van der Waals surface area contributed by atoms with Crippen molar-refractivity contribution in [2.24, 2.45) is 0 Å². The van der Waals surface area contributed by atoms with Crippen LogP contribution in [0.2, 0.25) is 0 Å². The third kappa shape index (κ3) is 4.31. The van der Waals surface area contributed by atoms with E-state index in [9.17, 15) is 9.18 Å². The maximum atomic E-state index is 13.5. The fourth-order valence-corrected chi connectivity index (χ4v) is 4.29. The first-order chi connectivity index (χ1) is 15.7. The monoisotopic (exact) mass is 446 g/mol. The van der Waals surface area contributed by atoms with E-state index in [0.29, 0.717) is 30.1 Å². The summed E-state index contributed by atoms with van der Waals surface area (Å²) in [7, 11) is 0. The average Bonchev–Trinajstić information content (AvgIpc) is 3.39. The number of ether oxygens (including phenoxy) is 1. The van der Waals surface area contributed by atoms with Gasteiger partial charge in [0.2, 0.25) is 4.96 Å². The van der Waals surface area contributed by atoms with Crippen LogP contribution in [-0.4, -0.2) is 33.7 Å². The molecular formula is C24H19FN4O2S. The van der Waals surface area contributed by atoms with Gasteiger partial charge in [0.25, 0.3) is 5.91 Å². The molecule has 0 atom stereocenters. The molecule has 2 aromatic heterocycles. The van der Waals surface area contributed by atoms with Crippen LogP contribution in [0, 0.1) is 5.82 Å². The zero-order chi connectivity index (χ0) is 21.9. The molecule has 3 aromatic carbocycles. The van der Waals surface area contributed by atoms with Crippen molar-refractivity contribution < 1.29 is 13.9 Å². The number of fused-ring (bicyclic) bond motifs is 2. The molecule has 32 heavy (non-hydrogen) atoms. The summed E-state index contributed by atoms with van der Waals surface area (Å²) >= 11 is 1.46. The molecule has 6 nitrogen and oxygen atoms in total. The minimum Gasteiger partial charge on any atom is -0.484 e. The Kier molecular flexibility index (Phi) is 5.51. The Morgan fingerprint density at radius 1 is 1.06 bits per heavy atom. The van der Waals surface area contributed by atoms with Crippen molar-refractivity contribution in [2.45, 2.75) is 6.42 Å². The third-order valence-corrected chi connectivity index (χ3v) is 5.89. The van der Waals surface area contributed by atoms with Crippen LogP contribution in [0.1, 0.15) is 5.69 Å². The van der Waals surface area contributed by atoms with E-state index in [1.807, 2.05) is 47.8 Å². The van der Waals surface area contributed by atoms with Gasteiger partial charge in [-0.25, -0.2) is 8.91 Å². The first kappa shape index (κ1) is 20.1. The van der Waals surface area contributed by atoms with Crippen molar-refractivity contribution in [1.29, 1.82) is 0 Å². The van der Waals surface area contributed by atoms with Crippen LogP contribution in [0.15, 0.2) is 72.1 Å². The van der Waals surface area contributed by atoms with E-state index in [1.54, 1.807) is 16.6 Å². The quantitative estimate of drug-likeness (QED) is 0.400. The Morgan fingerprint density at radius 2 is 1.94 bits per heavy atom. The summed E-state index contributed by atoms with van der Waals surface area (Å²) in [5, 5.41) is 11.5. The lowest BCUT2D eigenvalue weighted by Gasteiger charge is -2.08. The number of hydrogen-bond donors (Lipinski definition) is 1. The van der Waals surface area contributed by atoms with Gasteiger partial charge < -0.3 is 10.1 Å². The third-order valence-electron chi connectivity index (χ3n) is 5.03. The number of thiazole rings is 1. The smallest absolute Gasteiger partial charge is 0.257 e. The van der Waals surface area contributed by atoms with Gasteiger partial charge >= 0.3 is 0 Å². The molecule has 5 rings (SSSR count). The molecular weight excluding hydrogens is 427 g/mol. The normalized spacial score (nSPS) is 11.2. The number of amides is 1. The van der Waals surface area contributed by atoms with Crippen LogP contribution in [0.3, 0.4) is 0 Å². The first-order valence-electron chi connectivity index (χ1n) is 10.1. The number of aromatic nitrogens is 3. The van der Waals surface area contributed by atoms with E-state index in [0.717, 1.165) is 21.4 Å². The zero-order valence-electron chi connectivity index (χ0n) is 17.0. The van der Waals surface area contributed by atoms with Gasteiger partial charge in [0.1, 0.15) is 11.6 Å².